The van der Waals surface area contributed by atoms with Gasteiger partial charge in [0.15, 0.2) is 0 Å². The van der Waals surface area contributed by atoms with Gasteiger partial charge in [-0.1, -0.05) is 68.7 Å². The summed E-state index contributed by atoms with van der Waals surface area (Å²) in [4.78, 5) is 11.2. The lowest BCUT2D eigenvalue weighted by Gasteiger charge is -2.25. The van der Waals surface area contributed by atoms with Gasteiger partial charge in [-0.2, -0.15) is 0 Å². The smallest absolute Gasteiger partial charge is 0.309 e. The van der Waals surface area contributed by atoms with E-state index in [1.165, 1.54) is 31.2 Å². The lowest BCUT2D eigenvalue weighted by Crippen LogP contribution is -2.34. The Morgan fingerprint density at radius 2 is 1.78 bits per heavy atom. The summed E-state index contributed by atoms with van der Waals surface area (Å²) < 4.78 is 11.4. The molecule has 1 saturated heterocycles. The number of para-hydroxylation sites is 1. The van der Waals surface area contributed by atoms with Gasteiger partial charge < -0.3 is 9.15 Å². The number of unbranched alkanes of at least 4 members (excludes halogenated alkanes) is 3. The monoisotopic (exact) mass is 362 g/mol. The highest BCUT2D eigenvalue weighted by molar-refractivity contribution is 5.88. The van der Waals surface area contributed by atoms with Gasteiger partial charge in [0.1, 0.15) is 17.4 Å². The van der Waals surface area contributed by atoms with Crippen molar-refractivity contribution >= 4 is 16.9 Å². The van der Waals surface area contributed by atoms with Gasteiger partial charge in [0.05, 0.1) is 6.42 Å². The summed E-state index contributed by atoms with van der Waals surface area (Å²) >= 11 is 0. The molecule has 2 heterocycles. The number of aryl methyl sites for hydroxylation is 1. The van der Waals surface area contributed by atoms with E-state index in [1.807, 2.05) is 18.2 Å². The fraction of sp³-hybridized carbons (Fsp3) is 0.375. The molecule has 1 fully saturated rings. The molecule has 0 bridgehead atoms. The highest BCUT2D eigenvalue weighted by atomic mass is 16.6. The van der Waals surface area contributed by atoms with Gasteiger partial charge in [-0.15, -0.1) is 0 Å². The second kappa shape index (κ2) is 7.99. The van der Waals surface area contributed by atoms with Crippen molar-refractivity contribution in [2.24, 2.45) is 0 Å². The fourth-order valence-corrected chi connectivity index (χ4v) is 3.82. The number of cyclic esters (lactones) is 1. The molecule has 4 rings (SSSR count). The number of hydrogen-bond acceptors (Lipinski definition) is 3. The molecular weight excluding hydrogens is 336 g/mol. The molecule has 1 aromatic heterocycles. The Hall–Kier alpha value is -2.55. The molecule has 1 aliphatic heterocycles. The molecule has 0 amide bonds. The number of rotatable bonds is 8. The first-order chi connectivity index (χ1) is 13.2. The normalized spacial score (nSPS) is 16.3. The minimum absolute atomic E-state index is 0.0323. The predicted octanol–water partition coefficient (Wildman–Crippen LogP) is 6.08. The van der Waals surface area contributed by atoms with Gasteiger partial charge in [-0.05, 0) is 24.5 Å². The molecule has 3 nitrogen and oxygen atoms in total. The van der Waals surface area contributed by atoms with Crippen LogP contribution in [-0.2, 0) is 22.4 Å². The zero-order valence-corrected chi connectivity index (χ0v) is 15.9. The maximum absolute atomic E-state index is 11.2. The van der Waals surface area contributed by atoms with E-state index >= 15 is 0 Å². The van der Waals surface area contributed by atoms with Crippen molar-refractivity contribution in [2.75, 3.05) is 0 Å². The Labute approximate surface area is 160 Å². The number of hydrogen-bond donors (Lipinski definition) is 0. The third kappa shape index (κ3) is 3.92. The number of furan rings is 1. The van der Waals surface area contributed by atoms with Crippen molar-refractivity contribution in [1.29, 1.82) is 0 Å². The van der Waals surface area contributed by atoms with Crippen molar-refractivity contribution in [3.8, 4) is 11.3 Å². The molecule has 1 aliphatic rings. The summed E-state index contributed by atoms with van der Waals surface area (Å²) in [6.07, 6.45) is 7.42. The van der Waals surface area contributed by atoms with E-state index in [-0.39, 0.29) is 12.1 Å². The molecule has 0 N–H and O–H groups in total. The number of ether oxygens (including phenoxy) is 1. The van der Waals surface area contributed by atoms with Crippen molar-refractivity contribution in [2.45, 2.75) is 58.0 Å². The SMILES string of the molecule is CCCCCCc1ccc(-c2oc3ccccc3c2CC2CC(=O)O2)cc1. The zero-order valence-electron chi connectivity index (χ0n) is 15.9. The summed E-state index contributed by atoms with van der Waals surface area (Å²) in [5, 5.41) is 1.11. The van der Waals surface area contributed by atoms with Crippen LogP contribution < -0.4 is 0 Å². The van der Waals surface area contributed by atoms with Gasteiger partial charge in [0.2, 0.25) is 0 Å². The molecular formula is C24H26O3. The zero-order chi connectivity index (χ0) is 18.6. The second-order valence-electron chi connectivity index (χ2n) is 7.43. The standard InChI is InChI=1S/C24H26O3/c1-2-3-4-5-8-17-11-13-18(14-12-17)24-21(15-19-16-23(25)26-19)20-9-6-7-10-22(20)27-24/h6-7,9-14,19H,2-5,8,15-16H2,1H3. The van der Waals surface area contributed by atoms with E-state index < -0.39 is 0 Å². The number of fused-ring (bicyclic) bond motifs is 1. The van der Waals surface area contributed by atoms with Gasteiger partial charge in [-0.3, -0.25) is 4.79 Å². The van der Waals surface area contributed by atoms with Crippen molar-refractivity contribution in [3.63, 3.8) is 0 Å². The molecule has 3 aromatic rings. The summed E-state index contributed by atoms with van der Waals surface area (Å²) in [5.41, 5.74) is 4.49. The Balaban J connectivity index is 1.57. The van der Waals surface area contributed by atoms with Crippen LogP contribution >= 0.6 is 0 Å². The third-order valence-corrected chi connectivity index (χ3v) is 5.36. The van der Waals surface area contributed by atoms with Crippen LogP contribution in [0.3, 0.4) is 0 Å². The van der Waals surface area contributed by atoms with Crippen molar-refractivity contribution in [3.05, 3.63) is 59.7 Å². The topological polar surface area (TPSA) is 39.4 Å². The van der Waals surface area contributed by atoms with Crippen LogP contribution in [0, 0.1) is 0 Å². The van der Waals surface area contributed by atoms with Crippen LogP contribution in [-0.4, -0.2) is 12.1 Å². The van der Waals surface area contributed by atoms with Crippen LogP contribution in [0.1, 0.15) is 50.2 Å². The van der Waals surface area contributed by atoms with Gasteiger partial charge in [0, 0.05) is 22.9 Å². The average molecular weight is 362 g/mol. The van der Waals surface area contributed by atoms with Crippen LogP contribution in [0.5, 0.6) is 0 Å². The lowest BCUT2D eigenvalue weighted by atomic mass is 9.96. The molecule has 27 heavy (non-hydrogen) atoms. The minimum Gasteiger partial charge on any atom is -0.461 e. The highest BCUT2D eigenvalue weighted by Crippen LogP contribution is 2.36. The van der Waals surface area contributed by atoms with E-state index in [0.29, 0.717) is 12.8 Å². The van der Waals surface area contributed by atoms with Crippen LogP contribution in [0.4, 0.5) is 0 Å². The van der Waals surface area contributed by atoms with Crippen molar-refractivity contribution in [1.82, 2.24) is 0 Å². The first-order valence-corrected chi connectivity index (χ1v) is 10.0. The molecule has 0 aliphatic carbocycles. The number of esters is 1. The van der Waals surface area contributed by atoms with Crippen molar-refractivity contribution < 1.29 is 13.9 Å². The number of carbonyl (C=O) groups excluding carboxylic acids is 1. The third-order valence-electron chi connectivity index (χ3n) is 5.36. The van der Waals surface area contributed by atoms with E-state index in [4.69, 9.17) is 9.15 Å². The second-order valence-corrected chi connectivity index (χ2v) is 7.43. The molecule has 2 aromatic carbocycles. The summed E-state index contributed by atoms with van der Waals surface area (Å²) in [6.45, 7) is 2.24. The van der Waals surface area contributed by atoms with Gasteiger partial charge in [0.25, 0.3) is 0 Å². The predicted molar refractivity (Wildman–Crippen MR) is 108 cm³/mol. The van der Waals surface area contributed by atoms with E-state index in [1.54, 1.807) is 0 Å². The van der Waals surface area contributed by atoms with Gasteiger partial charge in [-0.25, -0.2) is 0 Å². The lowest BCUT2D eigenvalue weighted by molar-refractivity contribution is -0.169. The molecule has 3 heteroatoms. The summed E-state index contributed by atoms with van der Waals surface area (Å²) in [5.74, 6) is 0.790. The summed E-state index contributed by atoms with van der Waals surface area (Å²) in [6, 6.07) is 16.8. The summed E-state index contributed by atoms with van der Waals surface area (Å²) in [7, 11) is 0. The Bertz CT molecular complexity index is 912. The van der Waals surface area contributed by atoms with E-state index in [9.17, 15) is 4.79 Å². The maximum atomic E-state index is 11.2. The average Bonchev–Trinajstić information content (AvgIpc) is 3.03. The fourth-order valence-electron chi connectivity index (χ4n) is 3.82. The van der Waals surface area contributed by atoms with Crippen LogP contribution in [0.2, 0.25) is 0 Å². The van der Waals surface area contributed by atoms with E-state index in [0.717, 1.165) is 34.3 Å². The Kier molecular flexibility index (Phi) is 5.28. The van der Waals surface area contributed by atoms with E-state index in [2.05, 4.69) is 37.3 Å². The molecule has 0 radical (unpaired) electrons. The molecule has 0 saturated carbocycles. The number of carbonyl (C=O) groups is 1. The molecule has 0 spiro atoms. The Morgan fingerprint density at radius 1 is 1.00 bits per heavy atom. The molecule has 1 unspecified atom stereocenters. The largest absolute Gasteiger partial charge is 0.461 e. The maximum Gasteiger partial charge on any atom is 0.309 e. The van der Waals surface area contributed by atoms with Gasteiger partial charge >= 0.3 is 5.97 Å². The first kappa shape index (κ1) is 17.8. The van der Waals surface area contributed by atoms with Crippen LogP contribution in [0.25, 0.3) is 22.3 Å². The molecule has 1 atom stereocenters. The first-order valence-electron chi connectivity index (χ1n) is 10.0. The molecule has 140 valence electrons. The minimum atomic E-state index is -0.109. The quantitative estimate of drug-likeness (QED) is 0.360. The highest BCUT2D eigenvalue weighted by Gasteiger charge is 2.31. The Morgan fingerprint density at radius 3 is 2.52 bits per heavy atom. The number of benzene rings is 2. The van der Waals surface area contributed by atoms with Crippen LogP contribution in [0.15, 0.2) is 52.9 Å².